The van der Waals surface area contributed by atoms with E-state index in [1.807, 2.05) is 10.6 Å². The predicted molar refractivity (Wildman–Crippen MR) is 113 cm³/mol. The zero-order valence-electron chi connectivity index (χ0n) is 19.4. The summed E-state index contributed by atoms with van der Waals surface area (Å²) in [6, 6.07) is -0.00604. The molecule has 1 unspecified atom stereocenters. The number of hydroxylamine groups is 2. The van der Waals surface area contributed by atoms with Crippen molar-refractivity contribution < 1.29 is 50.0 Å². The second-order valence-electron chi connectivity index (χ2n) is 8.37. The van der Waals surface area contributed by atoms with Crippen molar-refractivity contribution in [3.63, 3.8) is 0 Å². The molecule has 10 nitrogen and oxygen atoms in total. The number of carbonyl (C=O) groups is 3. The van der Waals surface area contributed by atoms with Crippen molar-refractivity contribution in [3.05, 3.63) is 46.3 Å². The van der Waals surface area contributed by atoms with Crippen LogP contribution in [0.25, 0.3) is 0 Å². The normalized spacial score (nSPS) is 17.7. The van der Waals surface area contributed by atoms with Gasteiger partial charge in [0.25, 0.3) is 18.2 Å². The van der Waals surface area contributed by atoms with Crippen LogP contribution in [0.1, 0.15) is 27.3 Å². The van der Waals surface area contributed by atoms with E-state index in [-0.39, 0.29) is 37.3 Å². The van der Waals surface area contributed by atoms with Crippen LogP contribution in [0.3, 0.4) is 0 Å². The Morgan fingerprint density at radius 2 is 1.95 bits per heavy atom. The number of alkyl halides is 5. The monoisotopic (exact) mass is 552 g/mol. The molecule has 1 aromatic carbocycles. The first kappa shape index (κ1) is 27.2. The predicted octanol–water partition coefficient (Wildman–Crippen LogP) is 2.54. The van der Waals surface area contributed by atoms with Gasteiger partial charge in [-0.2, -0.15) is 18.3 Å². The third-order valence-electron chi connectivity index (χ3n) is 5.84. The van der Waals surface area contributed by atoms with E-state index in [4.69, 9.17) is 4.84 Å². The summed E-state index contributed by atoms with van der Waals surface area (Å²) in [6.45, 7) is -1.54. The minimum absolute atomic E-state index is 0.0247. The highest BCUT2D eigenvalue weighted by molar-refractivity contribution is 5.95. The fourth-order valence-corrected chi connectivity index (χ4v) is 4.08. The van der Waals surface area contributed by atoms with Gasteiger partial charge in [0.15, 0.2) is 11.9 Å². The Morgan fingerprint density at radius 1 is 1.24 bits per heavy atom. The smallest absolute Gasteiger partial charge is 0.348 e. The molecule has 2 aromatic rings. The quantitative estimate of drug-likeness (QED) is 0.567. The third kappa shape index (κ3) is 5.23. The number of hydrogen-bond donors (Lipinski definition) is 2. The van der Waals surface area contributed by atoms with Gasteiger partial charge in [0.2, 0.25) is 0 Å². The summed E-state index contributed by atoms with van der Waals surface area (Å²) in [6.07, 6.45) is -9.44. The Kier molecular flexibility index (Phi) is 7.22. The average molecular weight is 552 g/mol. The van der Waals surface area contributed by atoms with Crippen molar-refractivity contribution in [2.24, 2.45) is 0 Å². The molecule has 1 atom stereocenters. The van der Waals surface area contributed by atoms with Gasteiger partial charge in [-0.3, -0.25) is 19.1 Å². The maximum Gasteiger partial charge on any atom is 0.422 e. The van der Waals surface area contributed by atoms with E-state index in [0.29, 0.717) is 17.8 Å². The van der Waals surface area contributed by atoms with Crippen molar-refractivity contribution in [2.45, 2.75) is 38.2 Å². The fraction of sp³-hybridized carbons (Fsp3) is 0.429. The Hall–Kier alpha value is -3.89. The lowest BCUT2D eigenvalue weighted by Gasteiger charge is -2.27. The number of nitrogens with zero attached hydrogens (tertiary/aromatic N) is 4. The summed E-state index contributed by atoms with van der Waals surface area (Å²) < 4.78 is 93.1. The van der Waals surface area contributed by atoms with Crippen LogP contribution < -0.4 is 10.6 Å². The third-order valence-corrected chi connectivity index (χ3v) is 5.84. The van der Waals surface area contributed by atoms with Gasteiger partial charge in [-0.05, 0) is 12.1 Å². The lowest BCUT2D eigenvalue weighted by Crippen LogP contribution is -2.43. The van der Waals surface area contributed by atoms with Crippen LogP contribution in [0.2, 0.25) is 0 Å². The molecule has 38 heavy (non-hydrogen) atoms. The number of anilines is 1. The van der Waals surface area contributed by atoms with Crippen LogP contribution in [-0.4, -0.2) is 70.3 Å². The molecular formula is C21H19F7N6O4. The molecule has 0 bridgehead atoms. The molecule has 4 amide bonds. The van der Waals surface area contributed by atoms with Gasteiger partial charge in [0.1, 0.15) is 17.1 Å². The van der Waals surface area contributed by atoms with E-state index < -0.39 is 66.0 Å². The highest BCUT2D eigenvalue weighted by Crippen LogP contribution is 2.36. The van der Waals surface area contributed by atoms with Gasteiger partial charge in [-0.1, -0.05) is 0 Å². The van der Waals surface area contributed by atoms with E-state index in [1.54, 1.807) is 0 Å². The second-order valence-corrected chi connectivity index (χ2v) is 8.37. The molecule has 0 spiro atoms. The molecule has 2 N–H and O–H groups in total. The summed E-state index contributed by atoms with van der Waals surface area (Å²) in [5.74, 6) is -5.51. The number of benzene rings is 1. The zero-order valence-corrected chi connectivity index (χ0v) is 19.4. The number of hydrogen-bond acceptors (Lipinski definition) is 5. The standard InChI is InChI=1S/C21H19F7N6O4/c1-32-19(36)17-9-7-33(20(37)30-12-3-2-10(22)15(16(12)25)21(26,27)28)5-4-11(9)31-34(17)8-13(38-32)18(35)29-6-14(23)24/h2-3,13-14H,4-8H2,1H3,(H,29,35)(H,30,37). The highest BCUT2D eigenvalue weighted by atomic mass is 19.4. The summed E-state index contributed by atoms with van der Waals surface area (Å²) in [5, 5.41) is 8.98. The molecule has 3 heterocycles. The molecular weight excluding hydrogens is 533 g/mol. The van der Waals surface area contributed by atoms with Crippen LogP contribution in [0.15, 0.2) is 12.1 Å². The molecule has 0 fully saturated rings. The molecule has 2 aliphatic heterocycles. The Bertz CT molecular complexity index is 1280. The lowest BCUT2D eigenvalue weighted by atomic mass is 10.0. The Labute approximate surface area is 209 Å². The van der Waals surface area contributed by atoms with Crippen molar-refractivity contribution in [2.75, 3.05) is 25.5 Å². The summed E-state index contributed by atoms with van der Waals surface area (Å²) in [7, 11) is 1.19. The topological polar surface area (TPSA) is 109 Å². The number of carbonyl (C=O) groups excluding carboxylic acids is 3. The molecule has 206 valence electrons. The van der Waals surface area contributed by atoms with Gasteiger partial charge in [0, 0.05) is 25.6 Å². The zero-order chi connectivity index (χ0) is 27.9. The fourth-order valence-electron chi connectivity index (χ4n) is 4.08. The maximum atomic E-state index is 14.4. The Balaban J connectivity index is 1.55. The summed E-state index contributed by atoms with van der Waals surface area (Å²) >= 11 is 0. The van der Waals surface area contributed by atoms with E-state index in [1.165, 1.54) is 7.05 Å². The van der Waals surface area contributed by atoms with Crippen molar-refractivity contribution in [1.82, 2.24) is 25.1 Å². The maximum absolute atomic E-state index is 14.4. The molecule has 0 saturated carbocycles. The minimum atomic E-state index is -5.34. The number of urea groups is 1. The average Bonchev–Trinajstić information content (AvgIpc) is 3.13. The van der Waals surface area contributed by atoms with Gasteiger partial charge in [0.05, 0.1) is 31.0 Å². The Morgan fingerprint density at radius 3 is 2.61 bits per heavy atom. The number of halogens is 7. The van der Waals surface area contributed by atoms with Crippen LogP contribution in [0.4, 0.5) is 41.2 Å². The van der Waals surface area contributed by atoms with Crippen LogP contribution in [-0.2, 0) is 35.3 Å². The minimum Gasteiger partial charge on any atom is -0.348 e. The SMILES string of the molecule is CN1OC(C(=O)NCC(F)F)Cn2nc3c(c2C1=O)CN(C(=O)Nc1ccc(F)c(C(F)(F)F)c1F)CC3. The number of aromatic nitrogens is 2. The van der Waals surface area contributed by atoms with Crippen molar-refractivity contribution in [1.29, 1.82) is 0 Å². The molecule has 4 rings (SSSR count). The van der Waals surface area contributed by atoms with Gasteiger partial charge in [-0.15, -0.1) is 0 Å². The molecule has 17 heteroatoms. The molecule has 0 saturated heterocycles. The van der Waals surface area contributed by atoms with Crippen molar-refractivity contribution in [3.8, 4) is 0 Å². The number of amides is 4. The first-order chi connectivity index (χ1) is 17.8. The van der Waals surface area contributed by atoms with E-state index in [0.717, 1.165) is 14.6 Å². The number of rotatable bonds is 4. The summed E-state index contributed by atoms with van der Waals surface area (Å²) in [4.78, 5) is 44.3. The van der Waals surface area contributed by atoms with E-state index in [9.17, 15) is 45.1 Å². The molecule has 2 aliphatic rings. The van der Waals surface area contributed by atoms with Crippen LogP contribution >= 0.6 is 0 Å². The lowest BCUT2D eigenvalue weighted by molar-refractivity contribution is -0.168. The van der Waals surface area contributed by atoms with Crippen LogP contribution in [0, 0.1) is 11.6 Å². The van der Waals surface area contributed by atoms with E-state index in [2.05, 4.69) is 5.10 Å². The molecule has 0 aliphatic carbocycles. The number of nitrogens with one attached hydrogen (secondary N) is 2. The largest absolute Gasteiger partial charge is 0.422 e. The van der Waals surface area contributed by atoms with Crippen molar-refractivity contribution >= 4 is 23.5 Å². The van der Waals surface area contributed by atoms with E-state index >= 15 is 0 Å². The van der Waals surface area contributed by atoms with Gasteiger partial charge < -0.3 is 15.5 Å². The molecule has 0 radical (unpaired) electrons. The number of fused-ring (bicyclic) bond motifs is 3. The van der Waals surface area contributed by atoms with Gasteiger partial charge in [-0.25, -0.2) is 27.4 Å². The van der Waals surface area contributed by atoms with Gasteiger partial charge >= 0.3 is 12.2 Å². The first-order valence-corrected chi connectivity index (χ1v) is 11.0. The van der Waals surface area contributed by atoms with Crippen LogP contribution in [0.5, 0.6) is 0 Å². The summed E-state index contributed by atoms with van der Waals surface area (Å²) in [5.41, 5.74) is -2.48. The first-order valence-electron chi connectivity index (χ1n) is 11.0. The highest BCUT2D eigenvalue weighted by Gasteiger charge is 2.40. The second kappa shape index (κ2) is 10.1. The molecule has 1 aromatic heterocycles.